The molecule has 0 aromatic heterocycles. The number of para-hydroxylation sites is 1. The minimum atomic E-state index is -3.69. The molecule has 1 aromatic carbocycles. The van der Waals surface area contributed by atoms with Gasteiger partial charge in [-0.15, -0.1) is 12.4 Å². The molecule has 0 spiro atoms. The third-order valence-electron chi connectivity index (χ3n) is 4.12. The van der Waals surface area contributed by atoms with Crippen LogP contribution in [0.2, 0.25) is 0 Å². The normalized spacial score (nSPS) is 19.5. The molecule has 1 aliphatic carbocycles. The Morgan fingerprint density at radius 2 is 1.86 bits per heavy atom. The van der Waals surface area contributed by atoms with E-state index in [0.29, 0.717) is 31.3 Å². The van der Waals surface area contributed by atoms with Gasteiger partial charge in [0, 0.05) is 12.1 Å². The van der Waals surface area contributed by atoms with Crippen LogP contribution in [0.3, 0.4) is 0 Å². The number of hydrogen-bond donors (Lipinski definition) is 2. The fourth-order valence-corrected chi connectivity index (χ4v) is 4.63. The molecule has 0 amide bonds. The fourth-order valence-electron chi connectivity index (χ4n) is 3.00. The van der Waals surface area contributed by atoms with Crippen LogP contribution in [0, 0.1) is 0 Å². The highest BCUT2D eigenvalue weighted by Gasteiger charge is 2.38. The molecule has 0 radical (unpaired) electrons. The van der Waals surface area contributed by atoms with Gasteiger partial charge in [-0.3, -0.25) is 0 Å². The van der Waals surface area contributed by atoms with Crippen molar-refractivity contribution in [1.82, 2.24) is 4.72 Å². The molecule has 0 bridgehead atoms. The van der Waals surface area contributed by atoms with Crippen molar-refractivity contribution in [3.8, 4) is 11.5 Å². The third-order valence-corrected chi connectivity index (χ3v) is 5.72. The molecular weight excluding hydrogens is 328 g/mol. The van der Waals surface area contributed by atoms with Gasteiger partial charge in [-0.25, -0.2) is 13.1 Å². The van der Waals surface area contributed by atoms with Crippen LogP contribution in [-0.2, 0) is 10.0 Å². The van der Waals surface area contributed by atoms with Crippen LogP contribution < -0.4 is 19.9 Å². The zero-order valence-corrected chi connectivity index (χ0v) is 13.8. The number of nitrogens with two attached hydrogens (primary N) is 1. The van der Waals surface area contributed by atoms with E-state index in [4.69, 9.17) is 15.2 Å². The highest BCUT2D eigenvalue weighted by Crippen LogP contribution is 2.38. The third kappa shape index (κ3) is 3.17. The van der Waals surface area contributed by atoms with E-state index in [1.807, 2.05) is 0 Å². The highest BCUT2D eigenvalue weighted by molar-refractivity contribution is 7.89. The first-order valence-electron chi connectivity index (χ1n) is 7.19. The number of nitrogens with one attached hydrogen (secondary N) is 1. The molecule has 1 heterocycles. The zero-order valence-electron chi connectivity index (χ0n) is 12.2. The molecule has 3 N–H and O–H groups in total. The van der Waals surface area contributed by atoms with Crippen molar-refractivity contribution in [2.24, 2.45) is 5.73 Å². The van der Waals surface area contributed by atoms with E-state index in [1.54, 1.807) is 12.1 Å². The van der Waals surface area contributed by atoms with E-state index in [2.05, 4.69) is 4.72 Å². The van der Waals surface area contributed by atoms with Crippen LogP contribution >= 0.6 is 12.4 Å². The highest BCUT2D eigenvalue weighted by atomic mass is 35.5. The van der Waals surface area contributed by atoms with Crippen molar-refractivity contribution in [2.75, 3.05) is 19.8 Å². The van der Waals surface area contributed by atoms with Crippen molar-refractivity contribution < 1.29 is 17.9 Å². The van der Waals surface area contributed by atoms with Crippen LogP contribution in [-0.4, -0.2) is 33.7 Å². The van der Waals surface area contributed by atoms with Crippen molar-refractivity contribution >= 4 is 22.4 Å². The smallest absolute Gasteiger partial charge is 0.244 e. The molecule has 6 nitrogen and oxygen atoms in total. The summed E-state index contributed by atoms with van der Waals surface area (Å²) in [5, 5.41) is 0. The summed E-state index contributed by atoms with van der Waals surface area (Å²) in [7, 11) is -3.69. The predicted molar refractivity (Wildman–Crippen MR) is 85.3 cm³/mol. The van der Waals surface area contributed by atoms with E-state index in [1.165, 1.54) is 6.07 Å². The number of hydrogen-bond acceptors (Lipinski definition) is 5. The molecule has 0 atom stereocenters. The largest absolute Gasteiger partial charge is 0.486 e. The average Bonchev–Trinajstić information content (AvgIpc) is 2.95. The standard InChI is InChI=1S/C14H20N2O4S.ClH/c15-10-14(6-1-2-7-14)16-21(17,18)12-5-3-4-11-13(12)20-9-8-19-11;/h3-5,16H,1-2,6-10,15H2;1H. The van der Waals surface area contributed by atoms with Crippen LogP contribution in [0.4, 0.5) is 0 Å². The maximum absolute atomic E-state index is 12.7. The Morgan fingerprint density at radius 3 is 2.55 bits per heavy atom. The minimum Gasteiger partial charge on any atom is -0.486 e. The maximum Gasteiger partial charge on any atom is 0.244 e. The van der Waals surface area contributed by atoms with Gasteiger partial charge in [0.15, 0.2) is 11.5 Å². The van der Waals surface area contributed by atoms with Crippen LogP contribution in [0.5, 0.6) is 11.5 Å². The predicted octanol–water partition coefficient (Wildman–Crippen LogP) is 1.43. The van der Waals surface area contributed by atoms with Gasteiger partial charge in [0.1, 0.15) is 18.1 Å². The second-order valence-electron chi connectivity index (χ2n) is 5.58. The zero-order chi connectivity index (χ0) is 14.9. The summed E-state index contributed by atoms with van der Waals surface area (Å²) in [4.78, 5) is 0.124. The number of halogens is 1. The van der Waals surface area contributed by atoms with Crippen LogP contribution in [0.1, 0.15) is 25.7 Å². The quantitative estimate of drug-likeness (QED) is 0.859. The van der Waals surface area contributed by atoms with Gasteiger partial charge in [-0.2, -0.15) is 0 Å². The van der Waals surface area contributed by atoms with Gasteiger partial charge in [0.2, 0.25) is 10.0 Å². The van der Waals surface area contributed by atoms with Gasteiger partial charge < -0.3 is 15.2 Å². The molecular formula is C14H21ClN2O4S. The summed E-state index contributed by atoms with van der Waals surface area (Å²) in [5.41, 5.74) is 5.28. The Hall–Kier alpha value is -1.02. The molecule has 8 heteroatoms. The number of rotatable bonds is 4. The first-order valence-corrected chi connectivity index (χ1v) is 8.67. The van der Waals surface area contributed by atoms with E-state index >= 15 is 0 Å². The lowest BCUT2D eigenvalue weighted by atomic mass is 10.0. The second kappa shape index (κ2) is 6.62. The molecule has 0 unspecified atom stereocenters. The van der Waals surface area contributed by atoms with Crippen LogP contribution in [0.25, 0.3) is 0 Å². The summed E-state index contributed by atoms with van der Waals surface area (Å²) in [6, 6.07) is 4.91. The molecule has 0 saturated heterocycles. The minimum absolute atomic E-state index is 0. The van der Waals surface area contributed by atoms with Gasteiger partial charge in [0.25, 0.3) is 0 Å². The summed E-state index contributed by atoms with van der Waals surface area (Å²) in [6.45, 7) is 1.08. The average molecular weight is 349 g/mol. The number of ether oxygens (including phenoxy) is 2. The first-order chi connectivity index (χ1) is 10.1. The van der Waals surface area contributed by atoms with Crippen molar-refractivity contribution in [3.63, 3.8) is 0 Å². The SMILES string of the molecule is Cl.NCC1(NS(=O)(=O)c2cccc3c2OCCO3)CCCC1. The van der Waals surface area contributed by atoms with Crippen LogP contribution in [0.15, 0.2) is 23.1 Å². The Morgan fingerprint density at radius 1 is 1.18 bits per heavy atom. The van der Waals surface area contributed by atoms with Gasteiger partial charge in [-0.05, 0) is 25.0 Å². The van der Waals surface area contributed by atoms with E-state index in [0.717, 1.165) is 25.7 Å². The van der Waals surface area contributed by atoms with E-state index < -0.39 is 15.6 Å². The van der Waals surface area contributed by atoms with Crippen molar-refractivity contribution in [1.29, 1.82) is 0 Å². The first kappa shape index (κ1) is 17.3. The fraction of sp³-hybridized carbons (Fsp3) is 0.571. The topological polar surface area (TPSA) is 90.7 Å². The van der Waals surface area contributed by atoms with Gasteiger partial charge >= 0.3 is 0 Å². The molecule has 124 valence electrons. The monoisotopic (exact) mass is 348 g/mol. The molecule has 1 fully saturated rings. The lowest BCUT2D eigenvalue weighted by Gasteiger charge is -2.29. The number of fused-ring (bicyclic) bond motifs is 1. The van der Waals surface area contributed by atoms with Crippen molar-refractivity contribution in [2.45, 2.75) is 36.1 Å². The second-order valence-corrected chi connectivity index (χ2v) is 7.23. The maximum atomic E-state index is 12.7. The molecule has 1 saturated carbocycles. The molecule has 3 rings (SSSR count). The Balaban J connectivity index is 0.00000176. The number of benzene rings is 1. The van der Waals surface area contributed by atoms with E-state index in [9.17, 15) is 8.42 Å². The van der Waals surface area contributed by atoms with E-state index in [-0.39, 0.29) is 17.3 Å². The van der Waals surface area contributed by atoms with Gasteiger partial charge in [-0.1, -0.05) is 18.9 Å². The van der Waals surface area contributed by atoms with Gasteiger partial charge in [0.05, 0.1) is 0 Å². The summed E-state index contributed by atoms with van der Waals surface area (Å²) < 4.78 is 39.2. The molecule has 2 aliphatic rings. The lowest BCUT2D eigenvalue weighted by Crippen LogP contribution is -2.51. The Kier molecular flexibility index (Phi) is 5.21. The molecule has 1 aromatic rings. The number of sulfonamides is 1. The summed E-state index contributed by atoms with van der Waals surface area (Å²) >= 11 is 0. The lowest BCUT2D eigenvalue weighted by molar-refractivity contribution is 0.167. The Bertz CT molecular complexity index is 630. The summed E-state index contributed by atoms with van der Waals surface area (Å²) in [6.07, 6.45) is 3.53. The van der Waals surface area contributed by atoms with Crippen molar-refractivity contribution in [3.05, 3.63) is 18.2 Å². The molecule has 1 aliphatic heterocycles. The molecule has 22 heavy (non-hydrogen) atoms. The summed E-state index contributed by atoms with van der Waals surface area (Å²) in [5.74, 6) is 0.763. The Labute approximate surface area is 136 Å².